The van der Waals surface area contributed by atoms with Crippen molar-refractivity contribution in [2.24, 2.45) is 0 Å². The minimum absolute atomic E-state index is 0.0403. The van der Waals surface area contributed by atoms with E-state index in [-0.39, 0.29) is 24.9 Å². The van der Waals surface area contributed by atoms with Crippen molar-refractivity contribution >= 4 is 11.9 Å². The van der Waals surface area contributed by atoms with Crippen molar-refractivity contribution in [3.63, 3.8) is 0 Å². The van der Waals surface area contributed by atoms with Crippen molar-refractivity contribution in [2.75, 3.05) is 0 Å². The van der Waals surface area contributed by atoms with Gasteiger partial charge in [0.05, 0.1) is 12.5 Å². The molecular formula is C21H24FN3O3. The zero-order chi connectivity index (χ0) is 19.8. The second kappa shape index (κ2) is 9.73. The van der Waals surface area contributed by atoms with E-state index < -0.39 is 11.9 Å². The molecule has 0 aliphatic heterocycles. The molecule has 1 saturated carbocycles. The Morgan fingerprint density at radius 1 is 1.00 bits per heavy atom. The summed E-state index contributed by atoms with van der Waals surface area (Å²) in [6, 6.07) is 12.7. The average Bonchev–Trinajstić information content (AvgIpc) is 3.20. The number of urea groups is 1. The number of rotatable bonds is 6. The van der Waals surface area contributed by atoms with Gasteiger partial charge in [0.15, 0.2) is 0 Å². The predicted molar refractivity (Wildman–Crippen MR) is 103 cm³/mol. The van der Waals surface area contributed by atoms with Gasteiger partial charge in [-0.15, -0.1) is 0 Å². The molecule has 0 heterocycles. The zero-order valence-corrected chi connectivity index (χ0v) is 15.5. The molecule has 0 unspecified atom stereocenters. The van der Waals surface area contributed by atoms with E-state index in [2.05, 4.69) is 16.2 Å². The number of para-hydroxylation sites is 1. The fourth-order valence-electron chi connectivity index (χ4n) is 3.13. The third kappa shape index (κ3) is 5.97. The molecule has 28 heavy (non-hydrogen) atoms. The lowest BCUT2D eigenvalue weighted by atomic mass is 10.1. The van der Waals surface area contributed by atoms with Crippen molar-refractivity contribution in [1.29, 1.82) is 0 Å². The predicted octanol–water partition coefficient (Wildman–Crippen LogP) is 3.22. The van der Waals surface area contributed by atoms with Crippen molar-refractivity contribution in [2.45, 2.75) is 44.8 Å². The maximum absolute atomic E-state index is 12.9. The Labute approximate surface area is 163 Å². The van der Waals surface area contributed by atoms with Crippen LogP contribution in [0.4, 0.5) is 9.18 Å². The molecule has 0 radical (unpaired) electrons. The molecule has 2 aromatic carbocycles. The molecule has 2 aromatic rings. The number of nitrogens with one attached hydrogen (secondary N) is 3. The highest BCUT2D eigenvalue weighted by molar-refractivity contribution is 5.82. The first kappa shape index (κ1) is 19.7. The van der Waals surface area contributed by atoms with Crippen LogP contribution >= 0.6 is 0 Å². The second-order valence-electron chi connectivity index (χ2n) is 6.79. The smallest absolute Gasteiger partial charge is 0.333 e. The minimum atomic E-state index is -0.525. The van der Waals surface area contributed by atoms with E-state index in [1.54, 1.807) is 0 Å². The number of carbonyl (C=O) groups excluding carboxylic acids is 2. The van der Waals surface area contributed by atoms with Gasteiger partial charge in [0.2, 0.25) is 5.91 Å². The Balaban J connectivity index is 1.42. The minimum Gasteiger partial charge on any atom is -0.490 e. The summed E-state index contributed by atoms with van der Waals surface area (Å²) in [5.41, 5.74) is 6.17. The molecule has 1 fully saturated rings. The van der Waals surface area contributed by atoms with Crippen LogP contribution < -0.4 is 20.9 Å². The number of ether oxygens (including phenoxy) is 1. The van der Waals surface area contributed by atoms with Crippen molar-refractivity contribution in [3.8, 4) is 5.75 Å². The summed E-state index contributed by atoms with van der Waals surface area (Å²) in [6.07, 6.45) is 4.76. The van der Waals surface area contributed by atoms with E-state index in [1.807, 2.05) is 24.3 Å². The van der Waals surface area contributed by atoms with Crippen LogP contribution in [0.15, 0.2) is 48.5 Å². The molecule has 0 spiro atoms. The molecule has 7 heteroatoms. The number of hydrogen-bond donors (Lipinski definition) is 3. The number of halogens is 1. The van der Waals surface area contributed by atoms with E-state index in [4.69, 9.17) is 4.74 Å². The van der Waals surface area contributed by atoms with Gasteiger partial charge in [-0.05, 0) is 49.4 Å². The van der Waals surface area contributed by atoms with Gasteiger partial charge >= 0.3 is 6.03 Å². The molecule has 148 valence electrons. The summed E-state index contributed by atoms with van der Waals surface area (Å²) in [5.74, 6) is 0.0145. The maximum Gasteiger partial charge on any atom is 0.333 e. The van der Waals surface area contributed by atoms with Gasteiger partial charge < -0.3 is 10.1 Å². The van der Waals surface area contributed by atoms with Gasteiger partial charge in [0.25, 0.3) is 0 Å². The second-order valence-corrected chi connectivity index (χ2v) is 6.79. The quantitative estimate of drug-likeness (QED) is 0.668. The van der Waals surface area contributed by atoms with Crippen LogP contribution in [0, 0.1) is 5.82 Å². The van der Waals surface area contributed by atoms with E-state index >= 15 is 0 Å². The normalized spacial score (nSPS) is 13.8. The van der Waals surface area contributed by atoms with Gasteiger partial charge in [-0.3, -0.25) is 10.2 Å². The fourth-order valence-corrected chi connectivity index (χ4v) is 3.13. The number of hydrogen-bond acceptors (Lipinski definition) is 3. The SMILES string of the molecule is O=C(Cc1ccc(F)cc1)NNC(=O)NCc1ccccc1OC1CCCC1. The van der Waals surface area contributed by atoms with Crippen LogP contribution in [0.2, 0.25) is 0 Å². The van der Waals surface area contributed by atoms with Crippen molar-refractivity contribution < 1.29 is 18.7 Å². The molecule has 0 atom stereocenters. The van der Waals surface area contributed by atoms with E-state index in [0.717, 1.165) is 24.2 Å². The van der Waals surface area contributed by atoms with Crippen LogP contribution in [0.5, 0.6) is 5.75 Å². The van der Waals surface area contributed by atoms with Crippen molar-refractivity contribution in [1.82, 2.24) is 16.2 Å². The highest BCUT2D eigenvalue weighted by Gasteiger charge is 2.18. The third-order valence-corrected chi connectivity index (χ3v) is 4.60. The van der Waals surface area contributed by atoms with Crippen LogP contribution in [-0.2, 0) is 17.8 Å². The van der Waals surface area contributed by atoms with E-state index in [0.29, 0.717) is 5.56 Å². The standard InChI is InChI=1S/C21H24FN3O3/c22-17-11-9-15(10-12-17)13-20(26)24-25-21(27)23-14-16-5-1-4-8-19(16)28-18-6-2-3-7-18/h1,4-5,8-12,18H,2-3,6-7,13-14H2,(H,24,26)(H2,23,25,27). The number of hydrazine groups is 1. The Hall–Kier alpha value is -3.09. The Morgan fingerprint density at radius 3 is 2.46 bits per heavy atom. The first-order valence-corrected chi connectivity index (χ1v) is 9.42. The molecule has 0 saturated heterocycles. The molecule has 3 N–H and O–H groups in total. The van der Waals surface area contributed by atoms with Gasteiger partial charge in [-0.25, -0.2) is 14.6 Å². The summed E-state index contributed by atoms with van der Waals surface area (Å²) in [7, 11) is 0. The van der Waals surface area contributed by atoms with Crippen LogP contribution in [0.1, 0.15) is 36.8 Å². The molecule has 3 rings (SSSR count). The zero-order valence-electron chi connectivity index (χ0n) is 15.5. The largest absolute Gasteiger partial charge is 0.490 e. The molecule has 6 nitrogen and oxygen atoms in total. The van der Waals surface area contributed by atoms with Crippen LogP contribution in [-0.4, -0.2) is 18.0 Å². The summed E-state index contributed by atoms with van der Waals surface area (Å²) >= 11 is 0. The van der Waals surface area contributed by atoms with Crippen LogP contribution in [0.25, 0.3) is 0 Å². The number of carbonyl (C=O) groups is 2. The topological polar surface area (TPSA) is 79.5 Å². The fraction of sp³-hybridized carbons (Fsp3) is 0.333. The van der Waals surface area contributed by atoms with E-state index in [9.17, 15) is 14.0 Å². The first-order chi connectivity index (χ1) is 13.6. The lowest BCUT2D eigenvalue weighted by molar-refractivity contribution is -0.121. The number of benzene rings is 2. The lowest BCUT2D eigenvalue weighted by Crippen LogP contribution is -2.47. The number of amides is 3. The highest BCUT2D eigenvalue weighted by atomic mass is 19.1. The average molecular weight is 385 g/mol. The monoisotopic (exact) mass is 385 g/mol. The molecule has 0 bridgehead atoms. The molecule has 3 amide bonds. The molecule has 0 aromatic heterocycles. The summed E-state index contributed by atoms with van der Waals surface area (Å²) < 4.78 is 18.9. The summed E-state index contributed by atoms with van der Waals surface area (Å²) in [4.78, 5) is 23.8. The van der Waals surface area contributed by atoms with E-state index in [1.165, 1.54) is 37.1 Å². The summed E-state index contributed by atoms with van der Waals surface area (Å²) in [6.45, 7) is 0.280. The molecular weight excluding hydrogens is 361 g/mol. The maximum atomic E-state index is 12.9. The lowest BCUT2D eigenvalue weighted by Gasteiger charge is -2.17. The van der Waals surface area contributed by atoms with Gasteiger partial charge in [0, 0.05) is 12.1 Å². The Kier molecular flexibility index (Phi) is 6.84. The highest BCUT2D eigenvalue weighted by Crippen LogP contribution is 2.26. The Morgan fingerprint density at radius 2 is 1.71 bits per heavy atom. The third-order valence-electron chi connectivity index (χ3n) is 4.60. The van der Waals surface area contributed by atoms with Gasteiger partial charge in [-0.2, -0.15) is 0 Å². The Bertz CT molecular complexity index is 805. The van der Waals surface area contributed by atoms with Gasteiger partial charge in [0.1, 0.15) is 11.6 Å². The molecule has 1 aliphatic rings. The molecule has 1 aliphatic carbocycles. The first-order valence-electron chi connectivity index (χ1n) is 9.42. The summed E-state index contributed by atoms with van der Waals surface area (Å²) in [5, 5.41) is 2.70. The van der Waals surface area contributed by atoms with Crippen molar-refractivity contribution in [3.05, 3.63) is 65.5 Å². The van der Waals surface area contributed by atoms with Gasteiger partial charge in [-0.1, -0.05) is 30.3 Å². The van der Waals surface area contributed by atoms with Crippen LogP contribution in [0.3, 0.4) is 0 Å².